The van der Waals surface area contributed by atoms with Gasteiger partial charge >= 0.3 is 0 Å². The van der Waals surface area contributed by atoms with Crippen LogP contribution in [0.2, 0.25) is 5.02 Å². The molecule has 0 saturated carbocycles. The summed E-state index contributed by atoms with van der Waals surface area (Å²) in [7, 11) is 0. The molecule has 0 heterocycles. The number of anilines is 1. The van der Waals surface area contributed by atoms with Crippen LogP contribution in [0.5, 0.6) is 0 Å². The van der Waals surface area contributed by atoms with E-state index in [0.29, 0.717) is 11.3 Å². The number of hydrogen-bond donors (Lipinski definition) is 1. The Kier molecular flexibility index (Phi) is 5.97. The maximum Gasteiger partial charge on any atom is 0.269 e. The lowest BCUT2D eigenvalue weighted by Gasteiger charge is -2.08. The summed E-state index contributed by atoms with van der Waals surface area (Å²) in [5.41, 5.74) is 0.823. The lowest BCUT2D eigenvalue weighted by molar-refractivity contribution is -0.465. The van der Waals surface area contributed by atoms with E-state index in [-0.39, 0.29) is 28.6 Å². The smallest absolute Gasteiger partial charge is 0.269 e. The SMILES string of the molecule is O=C(Cc1ccc([N+](=O)[O-])cc1)Nc1ccc(C(=O)C[N+](=O)[O-])c(Cl)c1. The standard InChI is InChI=1S/C16H12ClN3O6/c17-14-8-11(3-6-13(14)15(21)9-19(23)24)18-16(22)7-10-1-4-12(5-2-10)20(25)26/h1-6,8H,7,9H2,(H,18,22). The van der Waals surface area contributed by atoms with E-state index in [4.69, 9.17) is 11.6 Å². The number of nitrogens with zero attached hydrogens (tertiary/aromatic N) is 2. The number of nitro groups is 2. The third-order valence-electron chi connectivity index (χ3n) is 3.34. The number of halogens is 1. The Balaban J connectivity index is 2.02. The molecule has 0 radical (unpaired) electrons. The van der Waals surface area contributed by atoms with Crippen molar-refractivity contribution < 1.29 is 19.4 Å². The fraction of sp³-hybridized carbons (Fsp3) is 0.125. The molecule has 0 aliphatic rings. The Morgan fingerprint density at radius 1 is 1.04 bits per heavy atom. The van der Waals surface area contributed by atoms with Gasteiger partial charge in [-0.15, -0.1) is 0 Å². The number of ketones is 1. The summed E-state index contributed by atoms with van der Waals surface area (Å²) in [6.07, 6.45) is -0.0163. The molecule has 2 aromatic rings. The average molecular weight is 378 g/mol. The Morgan fingerprint density at radius 3 is 2.23 bits per heavy atom. The molecule has 1 N–H and O–H groups in total. The molecule has 0 aliphatic heterocycles. The molecule has 134 valence electrons. The van der Waals surface area contributed by atoms with Crippen molar-refractivity contribution in [1.82, 2.24) is 0 Å². The molecule has 2 aromatic carbocycles. The van der Waals surface area contributed by atoms with Crippen LogP contribution in [0, 0.1) is 20.2 Å². The maximum absolute atomic E-state index is 12.0. The summed E-state index contributed by atoms with van der Waals surface area (Å²) in [4.78, 5) is 43.4. The lowest BCUT2D eigenvalue weighted by atomic mass is 10.1. The van der Waals surface area contributed by atoms with Crippen LogP contribution in [-0.4, -0.2) is 28.1 Å². The first-order valence-corrected chi connectivity index (χ1v) is 7.62. The number of non-ortho nitro benzene ring substituents is 1. The number of nitro benzene ring substituents is 1. The summed E-state index contributed by atoms with van der Waals surface area (Å²) < 4.78 is 0. The summed E-state index contributed by atoms with van der Waals surface area (Å²) in [5.74, 6) is -1.12. The predicted molar refractivity (Wildman–Crippen MR) is 93.1 cm³/mol. The number of carbonyl (C=O) groups excluding carboxylic acids is 2. The average Bonchev–Trinajstić information content (AvgIpc) is 2.54. The predicted octanol–water partition coefficient (Wildman–Crippen LogP) is 2.89. The number of benzene rings is 2. The lowest BCUT2D eigenvalue weighted by Crippen LogP contribution is -2.16. The van der Waals surface area contributed by atoms with Crippen LogP contribution in [0.4, 0.5) is 11.4 Å². The zero-order valence-corrected chi connectivity index (χ0v) is 13.9. The minimum absolute atomic E-state index is 0.00302. The second-order valence-electron chi connectivity index (χ2n) is 5.26. The van der Waals surface area contributed by atoms with Crippen LogP contribution < -0.4 is 5.32 Å². The van der Waals surface area contributed by atoms with Crippen molar-refractivity contribution in [3.63, 3.8) is 0 Å². The van der Waals surface area contributed by atoms with Gasteiger partial charge in [0.1, 0.15) is 0 Å². The molecule has 10 heteroatoms. The van der Waals surface area contributed by atoms with Gasteiger partial charge in [0.2, 0.25) is 11.7 Å². The molecule has 0 bridgehead atoms. The highest BCUT2D eigenvalue weighted by Crippen LogP contribution is 2.22. The van der Waals surface area contributed by atoms with Gasteiger partial charge in [0.05, 0.1) is 16.4 Å². The molecule has 0 aliphatic carbocycles. The van der Waals surface area contributed by atoms with Crippen molar-refractivity contribution >= 4 is 34.7 Å². The molecule has 1 amide bonds. The Labute approximate surface area is 151 Å². The number of hydrogen-bond acceptors (Lipinski definition) is 6. The highest BCUT2D eigenvalue weighted by atomic mass is 35.5. The van der Waals surface area contributed by atoms with Crippen molar-refractivity contribution in [3.05, 3.63) is 78.8 Å². The largest absolute Gasteiger partial charge is 0.326 e. The zero-order chi connectivity index (χ0) is 19.3. The molecular weight excluding hydrogens is 366 g/mol. The van der Waals surface area contributed by atoms with Crippen molar-refractivity contribution in [3.8, 4) is 0 Å². The number of Topliss-reactive ketones (excluding diaryl/α,β-unsaturated/α-hetero) is 1. The number of carbonyl (C=O) groups is 2. The molecule has 0 spiro atoms. The molecule has 0 fully saturated rings. The second-order valence-corrected chi connectivity index (χ2v) is 5.66. The number of rotatable bonds is 7. The van der Waals surface area contributed by atoms with Crippen LogP contribution in [0.15, 0.2) is 42.5 Å². The van der Waals surface area contributed by atoms with Gasteiger partial charge < -0.3 is 5.32 Å². The monoisotopic (exact) mass is 377 g/mol. The van der Waals surface area contributed by atoms with Gasteiger partial charge in [0.15, 0.2) is 0 Å². The fourth-order valence-electron chi connectivity index (χ4n) is 2.15. The maximum atomic E-state index is 12.0. The van der Waals surface area contributed by atoms with E-state index in [9.17, 15) is 29.8 Å². The first kappa shape index (κ1) is 19.0. The first-order valence-electron chi connectivity index (χ1n) is 7.24. The van der Waals surface area contributed by atoms with E-state index >= 15 is 0 Å². The second kappa shape index (κ2) is 8.17. The first-order chi connectivity index (χ1) is 12.3. The van der Waals surface area contributed by atoms with Gasteiger partial charge in [-0.2, -0.15) is 0 Å². The highest BCUT2D eigenvalue weighted by molar-refractivity contribution is 6.34. The van der Waals surface area contributed by atoms with Gasteiger partial charge in [-0.05, 0) is 23.8 Å². The third-order valence-corrected chi connectivity index (χ3v) is 3.65. The number of amides is 1. The van der Waals surface area contributed by atoms with E-state index in [1.165, 1.54) is 42.5 Å². The molecule has 0 atom stereocenters. The van der Waals surface area contributed by atoms with E-state index in [2.05, 4.69) is 5.32 Å². The molecule has 0 aromatic heterocycles. The van der Waals surface area contributed by atoms with E-state index in [0.717, 1.165) is 0 Å². The summed E-state index contributed by atoms with van der Waals surface area (Å²) in [6, 6.07) is 9.59. The van der Waals surface area contributed by atoms with Gasteiger partial charge in [0, 0.05) is 28.3 Å². The van der Waals surface area contributed by atoms with Crippen LogP contribution >= 0.6 is 11.6 Å². The van der Waals surface area contributed by atoms with E-state index < -0.39 is 22.2 Å². The van der Waals surface area contributed by atoms with E-state index in [1.54, 1.807) is 0 Å². The van der Waals surface area contributed by atoms with Crippen molar-refractivity contribution in [2.75, 3.05) is 11.9 Å². The molecular formula is C16H12ClN3O6. The van der Waals surface area contributed by atoms with Crippen LogP contribution in [0.25, 0.3) is 0 Å². The zero-order valence-electron chi connectivity index (χ0n) is 13.2. The minimum atomic E-state index is -0.869. The van der Waals surface area contributed by atoms with Crippen LogP contribution in [0.3, 0.4) is 0 Å². The number of nitrogens with one attached hydrogen (secondary N) is 1. The van der Waals surface area contributed by atoms with Crippen molar-refractivity contribution in [2.45, 2.75) is 6.42 Å². The summed E-state index contributed by atoms with van der Waals surface area (Å²) in [6.45, 7) is -0.869. The minimum Gasteiger partial charge on any atom is -0.326 e. The summed E-state index contributed by atoms with van der Waals surface area (Å²) >= 11 is 5.94. The van der Waals surface area contributed by atoms with Crippen LogP contribution in [-0.2, 0) is 11.2 Å². The molecule has 2 rings (SSSR count). The van der Waals surface area contributed by atoms with Crippen molar-refractivity contribution in [2.24, 2.45) is 0 Å². The normalized spacial score (nSPS) is 10.2. The Hall–Kier alpha value is -3.33. The third kappa shape index (κ3) is 5.08. The molecule has 9 nitrogen and oxygen atoms in total. The van der Waals surface area contributed by atoms with Gasteiger partial charge in [-0.25, -0.2) is 0 Å². The highest BCUT2D eigenvalue weighted by Gasteiger charge is 2.17. The Morgan fingerprint density at radius 2 is 1.69 bits per heavy atom. The van der Waals surface area contributed by atoms with E-state index in [1.807, 2.05) is 0 Å². The molecule has 0 saturated heterocycles. The molecule has 26 heavy (non-hydrogen) atoms. The van der Waals surface area contributed by atoms with Gasteiger partial charge in [-0.1, -0.05) is 23.7 Å². The summed E-state index contributed by atoms with van der Waals surface area (Å²) in [5, 5.41) is 23.5. The fourth-order valence-corrected chi connectivity index (χ4v) is 2.43. The topological polar surface area (TPSA) is 132 Å². The van der Waals surface area contributed by atoms with Crippen molar-refractivity contribution in [1.29, 1.82) is 0 Å². The van der Waals surface area contributed by atoms with Crippen LogP contribution in [0.1, 0.15) is 15.9 Å². The molecule has 0 unspecified atom stereocenters. The Bertz CT molecular complexity index is 882. The quantitative estimate of drug-likeness (QED) is 0.448. The van der Waals surface area contributed by atoms with Gasteiger partial charge in [0.25, 0.3) is 12.2 Å². The van der Waals surface area contributed by atoms with Gasteiger partial charge in [-0.3, -0.25) is 29.8 Å².